The van der Waals surface area contributed by atoms with Crippen LogP contribution in [0.15, 0.2) is 53.9 Å². The van der Waals surface area contributed by atoms with Crippen molar-refractivity contribution in [1.82, 2.24) is 0 Å². The van der Waals surface area contributed by atoms with E-state index in [1.54, 1.807) is 53.8 Å². The second-order valence-electron chi connectivity index (χ2n) is 7.21. The highest BCUT2D eigenvalue weighted by Crippen LogP contribution is 2.32. The zero-order valence-corrected chi connectivity index (χ0v) is 18.3. The van der Waals surface area contributed by atoms with Gasteiger partial charge < -0.3 is 19.7 Å². The lowest BCUT2D eigenvalue weighted by atomic mass is 10.1. The molecule has 0 saturated carbocycles. The second-order valence-corrected chi connectivity index (χ2v) is 8.21. The standard InChI is InChI=1S/C24H24N2O4S/c1-29-19-6-5-7-20(30-2)22(19)23(27)25-17-11-9-16(10-12-17)24(28)26-14-4-3-8-21-18(26)13-15-31-21/h5-7,9-13,15H,3-4,8,14H2,1-2H3,(H,25,27). The number of nitrogens with one attached hydrogen (secondary N) is 1. The molecular weight excluding hydrogens is 412 g/mol. The first-order valence-corrected chi connectivity index (χ1v) is 11.0. The highest BCUT2D eigenvalue weighted by Gasteiger charge is 2.23. The van der Waals surface area contributed by atoms with E-state index in [0.29, 0.717) is 34.9 Å². The smallest absolute Gasteiger partial charge is 0.263 e. The number of amides is 2. The number of carbonyl (C=O) groups is 2. The Bertz CT molecular complexity index is 1070. The van der Waals surface area contributed by atoms with E-state index in [0.717, 1.165) is 24.9 Å². The number of anilines is 2. The minimum atomic E-state index is -0.344. The van der Waals surface area contributed by atoms with Gasteiger partial charge in [0, 0.05) is 22.7 Å². The third-order valence-corrected chi connectivity index (χ3v) is 6.31. The van der Waals surface area contributed by atoms with Gasteiger partial charge in [-0.3, -0.25) is 9.59 Å². The number of hydrogen-bond donors (Lipinski definition) is 1. The number of ether oxygens (including phenoxy) is 2. The fourth-order valence-corrected chi connectivity index (χ4v) is 4.69. The molecule has 0 saturated heterocycles. The first kappa shape index (κ1) is 20.9. The fraction of sp³-hybridized carbons (Fsp3) is 0.250. The number of benzene rings is 2. The molecule has 0 unspecified atom stereocenters. The molecule has 31 heavy (non-hydrogen) atoms. The maximum absolute atomic E-state index is 13.1. The molecule has 0 aliphatic carbocycles. The number of aryl methyl sites for hydroxylation is 1. The summed E-state index contributed by atoms with van der Waals surface area (Å²) in [7, 11) is 3.02. The minimum Gasteiger partial charge on any atom is -0.496 e. The Morgan fingerprint density at radius 3 is 2.35 bits per heavy atom. The maximum atomic E-state index is 13.1. The Labute approximate surface area is 185 Å². The fourth-order valence-electron chi connectivity index (χ4n) is 3.77. The summed E-state index contributed by atoms with van der Waals surface area (Å²) < 4.78 is 10.6. The van der Waals surface area contributed by atoms with E-state index in [1.165, 1.54) is 19.1 Å². The van der Waals surface area contributed by atoms with Crippen molar-refractivity contribution < 1.29 is 19.1 Å². The van der Waals surface area contributed by atoms with Crippen molar-refractivity contribution in [3.05, 3.63) is 69.9 Å². The average molecular weight is 437 g/mol. The summed E-state index contributed by atoms with van der Waals surface area (Å²) >= 11 is 1.71. The van der Waals surface area contributed by atoms with Gasteiger partial charge in [0.2, 0.25) is 0 Å². The molecular formula is C24H24N2O4S. The number of hydrogen-bond acceptors (Lipinski definition) is 5. The summed E-state index contributed by atoms with van der Waals surface area (Å²) in [4.78, 5) is 29.1. The van der Waals surface area contributed by atoms with Crippen molar-refractivity contribution in [1.29, 1.82) is 0 Å². The molecule has 2 heterocycles. The lowest BCUT2D eigenvalue weighted by molar-refractivity contribution is 0.0985. The van der Waals surface area contributed by atoms with Crippen LogP contribution in [0, 0.1) is 0 Å². The van der Waals surface area contributed by atoms with E-state index < -0.39 is 0 Å². The van der Waals surface area contributed by atoms with Crippen molar-refractivity contribution in [3.8, 4) is 11.5 Å². The van der Waals surface area contributed by atoms with Gasteiger partial charge in [-0.2, -0.15) is 0 Å². The van der Waals surface area contributed by atoms with Gasteiger partial charge in [0.05, 0.1) is 19.9 Å². The number of methoxy groups -OCH3 is 2. The van der Waals surface area contributed by atoms with Crippen LogP contribution in [0.1, 0.15) is 38.4 Å². The van der Waals surface area contributed by atoms with Gasteiger partial charge in [-0.25, -0.2) is 0 Å². The van der Waals surface area contributed by atoms with E-state index in [2.05, 4.69) is 5.32 Å². The van der Waals surface area contributed by atoms with E-state index in [4.69, 9.17) is 9.47 Å². The Kier molecular flexibility index (Phi) is 6.23. The van der Waals surface area contributed by atoms with Crippen molar-refractivity contribution in [2.24, 2.45) is 0 Å². The summed E-state index contributed by atoms with van der Waals surface area (Å²) in [6, 6.07) is 14.2. The van der Waals surface area contributed by atoms with Crippen LogP contribution >= 0.6 is 11.3 Å². The maximum Gasteiger partial charge on any atom is 0.263 e. The highest BCUT2D eigenvalue weighted by atomic mass is 32.1. The van der Waals surface area contributed by atoms with Crippen LogP contribution in [0.4, 0.5) is 11.4 Å². The second kappa shape index (κ2) is 9.22. The molecule has 1 aromatic heterocycles. The molecule has 0 bridgehead atoms. The molecule has 0 radical (unpaired) electrons. The third-order valence-electron chi connectivity index (χ3n) is 5.34. The first-order chi connectivity index (χ1) is 15.1. The zero-order chi connectivity index (χ0) is 21.8. The predicted octanol–water partition coefficient (Wildman–Crippen LogP) is 5.00. The summed E-state index contributed by atoms with van der Waals surface area (Å²) in [5.74, 6) is 0.488. The SMILES string of the molecule is COc1cccc(OC)c1C(=O)Nc1ccc(C(=O)N2CCCCc3sccc32)cc1. The topological polar surface area (TPSA) is 67.9 Å². The van der Waals surface area contributed by atoms with Crippen molar-refractivity contribution >= 4 is 34.5 Å². The van der Waals surface area contributed by atoms with Crippen molar-refractivity contribution in [2.45, 2.75) is 19.3 Å². The van der Waals surface area contributed by atoms with E-state index >= 15 is 0 Å². The quantitative estimate of drug-likeness (QED) is 0.611. The Hall–Kier alpha value is -3.32. The average Bonchev–Trinajstić information content (AvgIpc) is 3.17. The van der Waals surface area contributed by atoms with E-state index in [1.807, 2.05) is 16.3 Å². The molecule has 1 aliphatic heterocycles. The van der Waals surface area contributed by atoms with Gasteiger partial charge in [0.15, 0.2) is 0 Å². The van der Waals surface area contributed by atoms with E-state index in [9.17, 15) is 9.59 Å². The molecule has 0 spiro atoms. The number of carbonyl (C=O) groups excluding carboxylic acids is 2. The highest BCUT2D eigenvalue weighted by molar-refractivity contribution is 7.10. The van der Waals surface area contributed by atoms with Crippen molar-refractivity contribution in [3.63, 3.8) is 0 Å². The van der Waals surface area contributed by atoms with Gasteiger partial charge >= 0.3 is 0 Å². The monoisotopic (exact) mass is 436 g/mol. The van der Waals surface area contributed by atoms with Crippen LogP contribution in [-0.2, 0) is 6.42 Å². The molecule has 1 aliphatic rings. The molecule has 1 N–H and O–H groups in total. The molecule has 3 aromatic rings. The van der Waals surface area contributed by atoms with E-state index in [-0.39, 0.29) is 11.8 Å². The molecule has 160 valence electrons. The van der Waals surface area contributed by atoms with Gasteiger partial charge in [-0.1, -0.05) is 6.07 Å². The Morgan fingerprint density at radius 2 is 1.68 bits per heavy atom. The van der Waals surface area contributed by atoms with Crippen LogP contribution in [0.25, 0.3) is 0 Å². The molecule has 0 fully saturated rings. The number of nitrogens with zero attached hydrogens (tertiary/aromatic N) is 1. The summed E-state index contributed by atoms with van der Waals surface area (Å²) in [5.41, 5.74) is 2.52. The molecule has 2 aromatic carbocycles. The van der Waals surface area contributed by atoms with Crippen LogP contribution in [-0.4, -0.2) is 32.6 Å². The lowest BCUT2D eigenvalue weighted by Gasteiger charge is -2.21. The van der Waals surface area contributed by atoms with Gasteiger partial charge in [0.1, 0.15) is 17.1 Å². The summed E-state index contributed by atoms with van der Waals surface area (Å²) in [6.45, 7) is 0.717. The van der Waals surface area contributed by atoms with Crippen LogP contribution in [0.3, 0.4) is 0 Å². The number of thiophene rings is 1. The van der Waals surface area contributed by atoms with Gasteiger partial charge in [-0.15, -0.1) is 11.3 Å². The first-order valence-electron chi connectivity index (χ1n) is 10.1. The lowest BCUT2D eigenvalue weighted by Crippen LogP contribution is -2.31. The number of fused-ring (bicyclic) bond motifs is 1. The molecule has 7 heteroatoms. The molecule has 0 atom stereocenters. The predicted molar refractivity (Wildman–Crippen MR) is 123 cm³/mol. The largest absolute Gasteiger partial charge is 0.496 e. The van der Waals surface area contributed by atoms with Gasteiger partial charge in [-0.05, 0) is 67.1 Å². The molecule has 4 rings (SSSR count). The molecule has 6 nitrogen and oxygen atoms in total. The normalized spacial score (nSPS) is 13.2. The van der Waals surface area contributed by atoms with Crippen LogP contribution < -0.4 is 19.7 Å². The summed E-state index contributed by atoms with van der Waals surface area (Å²) in [5, 5.41) is 4.90. The zero-order valence-electron chi connectivity index (χ0n) is 17.5. The molecule has 2 amide bonds. The summed E-state index contributed by atoms with van der Waals surface area (Å²) in [6.07, 6.45) is 3.10. The third kappa shape index (κ3) is 4.27. The van der Waals surface area contributed by atoms with Crippen molar-refractivity contribution in [2.75, 3.05) is 31.0 Å². The minimum absolute atomic E-state index is 0.0224. The number of rotatable bonds is 5. The van der Waals surface area contributed by atoms with Gasteiger partial charge in [0.25, 0.3) is 11.8 Å². The van der Waals surface area contributed by atoms with Crippen LogP contribution in [0.2, 0.25) is 0 Å². The Balaban J connectivity index is 1.52. The Morgan fingerprint density at radius 1 is 0.968 bits per heavy atom. The van der Waals surface area contributed by atoms with Crippen LogP contribution in [0.5, 0.6) is 11.5 Å².